The van der Waals surface area contributed by atoms with Crippen LogP contribution in [0.3, 0.4) is 0 Å². The Morgan fingerprint density at radius 1 is 1.12 bits per heavy atom. The van der Waals surface area contributed by atoms with Gasteiger partial charge < -0.3 is 15.4 Å². The Labute approximate surface area is 146 Å². The summed E-state index contributed by atoms with van der Waals surface area (Å²) in [7, 11) is 0. The van der Waals surface area contributed by atoms with Gasteiger partial charge in [0.05, 0.1) is 16.3 Å². The summed E-state index contributed by atoms with van der Waals surface area (Å²) in [4.78, 5) is 24.4. The molecular weight excluding hydrogens is 328 g/mol. The number of nitrogens with one attached hydrogen (secondary N) is 2. The number of para-hydroxylation sites is 2. The van der Waals surface area contributed by atoms with E-state index in [4.69, 9.17) is 16.3 Å². The average molecular weight is 347 g/mol. The van der Waals surface area contributed by atoms with Gasteiger partial charge in [-0.15, -0.1) is 0 Å². The highest BCUT2D eigenvalue weighted by Gasteiger charge is 2.19. The smallest absolute Gasteiger partial charge is 0.265 e. The van der Waals surface area contributed by atoms with Crippen LogP contribution < -0.4 is 15.4 Å². The summed E-state index contributed by atoms with van der Waals surface area (Å²) in [5.74, 6) is -0.182. The largest absolute Gasteiger partial charge is 0.479 e. The number of hydrogen-bond acceptors (Lipinski definition) is 3. The number of rotatable bonds is 6. The minimum absolute atomic E-state index is 0.243. The lowest BCUT2D eigenvalue weighted by Gasteiger charge is -2.17. The van der Waals surface area contributed by atoms with E-state index in [1.807, 2.05) is 6.92 Å². The first-order valence-corrected chi connectivity index (χ1v) is 8.00. The highest BCUT2D eigenvalue weighted by molar-refractivity contribution is 6.32. The van der Waals surface area contributed by atoms with E-state index in [9.17, 15) is 9.59 Å². The molecule has 2 rings (SSSR count). The minimum atomic E-state index is -0.771. The number of amides is 2. The van der Waals surface area contributed by atoms with Gasteiger partial charge in [0.15, 0.2) is 6.10 Å². The van der Waals surface area contributed by atoms with Gasteiger partial charge in [0.25, 0.3) is 11.8 Å². The molecule has 0 heterocycles. The Hall–Kier alpha value is -2.53. The maximum Gasteiger partial charge on any atom is 0.265 e. The van der Waals surface area contributed by atoms with E-state index in [0.29, 0.717) is 28.6 Å². The van der Waals surface area contributed by atoms with E-state index in [2.05, 4.69) is 10.6 Å². The predicted molar refractivity (Wildman–Crippen MR) is 94.6 cm³/mol. The third-order valence-electron chi connectivity index (χ3n) is 3.28. The quantitative estimate of drug-likeness (QED) is 0.841. The number of carbonyl (C=O) groups excluding carboxylic acids is 2. The Morgan fingerprint density at radius 2 is 1.79 bits per heavy atom. The van der Waals surface area contributed by atoms with Crippen LogP contribution in [0.25, 0.3) is 0 Å². The van der Waals surface area contributed by atoms with Crippen molar-refractivity contribution in [1.29, 1.82) is 0 Å². The van der Waals surface area contributed by atoms with Crippen molar-refractivity contribution in [2.24, 2.45) is 0 Å². The minimum Gasteiger partial charge on any atom is -0.479 e. The summed E-state index contributed by atoms with van der Waals surface area (Å²) < 4.78 is 5.58. The SMILES string of the molecule is CCNC(=O)c1ccccc1NC(=O)C(C)Oc1ccccc1Cl. The van der Waals surface area contributed by atoms with E-state index >= 15 is 0 Å². The fourth-order valence-corrected chi connectivity index (χ4v) is 2.24. The van der Waals surface area contributed by atoms with E-state index in [0.717, 1.165) is 0 Å². The van der Waals surface area contributed by atoms with Crippen molar-refractivity contribution < 1.29 is 14.3 Å². The molecule has 0 bridgehead atoms. The predicted octanol–water partition coefficient (Wildman–Crippen LogP) is 3.50. The van der Waals surface area contributed by atoms with E-state index in [-0.39, 0.29) is 11.8 Å². The molecule has 6 heteroatoms. The summed E-state index contributed by atoms with van der Waals surface area (Å²) in [6.07, 6.45) is -0.771. The van der Waals surface area contributed by atoms with Crippen LogP contribution in [0.2, 0.25) is 5.02 Å². The first-order chi connectivity index (χ1) is 11.5. The Kier molecular flexibility index (Phi) is 6.21. The molecule has 2 N–H and O–H groups in total. The monoisotopic (exact) mass is 346 g/mol. The molecule has 0 spiro atoms. The standard InChI is InChI=1S/C18H19ClN2O3/c1-3-20-18(23)13-8-4-6-10-15(13)21-17(22)12(2)24-16-11-7-5-9-14(16)19/h4-12H,3H2,1-2H3,(H,20,23)(H,21,22). The molecule has 0 saturated heterocycles. The van der Waals surface area contributed by atoms with Crippen molar-refractivity contribution >= 4 is 29.1 Å². The maximum atomic E-state index is 12.3. The number of halogens is 1. The summed E-state index contributed by atoms with van der Waals surface area (Å²) in [6.45, 7) is 3.96. The normalized spacial score (nSPS) is 11.5. The van der Waals surface area contributed by atoms with Crippen LogP contribution in [0.4, 0.5) is 5.69 Å². The topological polar surface area (TPSA) is 67.4 Å². The van der Waals surface area contributed by atoms with Crippen LogP contribution in [-0.2, 0) is 4.79 Å². The molecule has 126 valence electrons. The molecule has 0 radical (unpaired) electrons. The van der Waals surface area contributed by atoms with Crippen molar-refractivity contribution in [2.75, 3.05) is 11.9 Å². The summed E-state index contributed by atoms with van der Waals surface area (Å²) in [5, 5.41) is 5.86. The molecule has 5 nitrogen and oxygen atoms in total. The molecule has 0 aliphatic carbocycles. The molecular formula is C18H19ClN2O3. The van der Waals surface area contributed by atoms with Gasteiger partial charge in [0, 0.05) is 6.54 Å². The third kappa shape index (κ3) is 4.49. The maximum absolute atomic E-state index is 12.3. The van der Waals surface area contributed by atoms with Crippen LogP contribution >= 0.6 is 11.6 Å². The van der Waals surface area contributed by atoms with Crippen LogP contribution in [0.5, 0.6) is 5.75 Å². The third-order valence-corrected chi connectivity index (χ3v) is 3.59. The number of benzene rings is 2. The zero-order valence-electron chi connectivity index (χ0n) is 13.5. The van der Waals surface area contributed by atoms with Crippen LogP contribution in [0, 0.1) is 0 Å². The van der Waals surface area contributed by atoms with Gasteiger partial charge >= 0.3 is 0 Å². The molecule has 2 aromatic rings. The molecule has 0 aromatic heterocycles. The van der Waals surface area contributed by atoms with Gasteiger partial charge in [-0.2, -0.15) is 0 Å². The molecule has 1 unspecified atom stereocenters. The molecule has 1 atom stereocenters. The lowest BCUT2D eigenvalue weighted by atomic mass is 10.1. The summed E-state index contributed by atoms with van der Waals surface area (Å²) in [6, 6.07) is 13.7. The van der Waals surface area contributed by atoms with Crippen molar-refractivity contribution in [3.8, 4) is 5.75 Å². The van der Waals surface area contributed by atoms with Crippen LogP contribution in [0.1, 0.15) is 24.2 Å². The fourth-order valence-electron chi connectivity index (χ4n) is 2.06. The average Bonchev–Trinajstić information content (AvgIpc) is 2.57. The lowest BCUT2D eigenvalue weighted by Crippen LogP contribution is -2.31. The number of anilines is 1. The van der Waals surface area contributed by atoms with E-state index in [1.165, 1.54) is 0 Å². The molecule has 0 fully saturated rings. The van der Waals surface area contributed by atoms with E-state index in [1.54, 1.807) is 55.5 Å². The second kappa shape index (κ2) is 8.36. The Bertz CT molecular complexity index is 734. The van der Waals surface area contributed by atoms with Crippen molar-refractivity contribution in [3.05, 3.63) is 59.1 Å². The van der Waals surface area contributed by atoms with Gasteiger partial charge in [-0.1, -0.05) is 35.9 Å². The highest BCUT2D eigenvalue weighted by Crippen LogP contribution is 2.24. The Balaban J connectivity index is 2.09. The molecule has 0 aliphatic rings. The van der Waals surface area contributed by atoms with Crippen LogP contribution in [-0.4, -0.2) is 24.5 Å². The number of carbonyl (C=O) groups is 2. The summed E-state index contributed by atoms with van der Waals surface area (Å²) in [5.41, 5.74) is 0.834. The first kappa shape index (κ1) is 17.8. The zero-order chi connectivity index (χ0) is 17.5. The van der Waals surface area contributed by atoms with Crippen molar-refractivity contribution in [3.63, 3.8) is 0 Å². The lowest BCUT2D eigenvalue weighted by molar-refractivity contribution is -0.122. The first-order valence-electron chi connectivity index (χ1n) is 7.62. The molecule has 0 saturated carbocycles. The van der Waals surface area contributed by atoms with Gasteiger partial charge in [-0.25, -0.2) is 0 Å². The Morgan fingerprint density at radius 3 is 2.50 bits per heavy atom. The van der Waals surface area contributed by atoms with Gasteiger partial charge in [0.2, 0.25) is 0 Å². The molecule has 24 heavy (non-hydrogen) atoms. The number of ether oxygens (including phenoxy) is 1. The van der Waals surface area contributed by atoms with E-state index < -0.39 is 6.10 Å². The zero-order valence-corrected chi connectivity index (χ0v) is 14.3. The second-order valence-corrected chi connectivity index (χ2v) is 5.49. The second-order valence-electron chi connectivity index (χ2n) is 5.08. The van der Waals surface area contributed by atoms with Crippen LogP contribution in [0.15, 0.2) is 48.5 Å². The highest BCUT2D eigenvalue weighted by atomic mass is 35.5. The van der Waals surface area contributed by atoms with Crippen molar-refractivity contribution in [2.45, 2.75) is 20.0 Å². The number of hydrogen-bond donors (Lipinski definition) is 2. The van der Waals surface area contributed by atoms with Crippen molar-refractivity contribution in [1.82, 2.24) is 5.32 Å². The molecule has 2 aromatic carbocycles. The van der Waals surface area contributed by atoms with Gasteiger partial charge in [0.1, 0.15) is 5.75 Å². The van der Waals surface area contributed by atoms with Gasteiger partial charge in [-0.3, -0.25) is 9.59 Å². The fraction of sp³-hybridized carbons (Fsp3) is 0.222. The molecule has 2 amide bonds. The van der Waals surface area contributed by atoms with Gasteiger partial charge in [-0.05, 0) is 38.1 Å². The molecule has 0 aliphatic heterocycles. The summed E-state index contributed by atoms with van der Waals surface area (Å²) >= 11 is 6.03.